The molecule has 0 radical (unpaired) electrons. The SMILES string of the molecule is Nc1ccc2c(ccn2[C@@H]2OC[C@@H](O)[C@H](O)[C@H]2O)c1. The van der Waals surface area contributed by atoms with Gasteiger partial charge < -0.3 is 30.4 Å². The lowest BCUT2D eigenvalue weighted by Crippen LogP contribution is -2.50. The Morgan fingerprint density at radius 1 is 1.16 bits per heavy atom. The Bertz CT molecular complexity index is 597. The number of hydrogen-bond donors (Lipinski definition) is 4. The summed E-state index contributed by atoms with van der Waals surface area (Å²) in [5.74, 6) is 0. The number of nitrogens with zero attached hydrogens (tertiary/aromatic N) is 1. The van der Waals surface area contributed by atoms with Crippen molar-refractivity contribution in [3.63, 3.8) is 0 Å². The molecule has 6 heteroatoms. The van der Waals surface area contributed by atoms with Crippen molar-refractivity contribution in [1.82, 2.24) is 4.57 Å². The number of rotatable bonds is 1. The zero-order valence-electron chi connectivity index (χ0n) is 10.2. The van der Waals surface area contributed by atoms with Gasteiger partial charge in [0.25, 0.3) is 0 Å². The molecule has 3 rings (SSSR count). The first-order valence-corrected chi connectivity index (χ1v) is 6.10. The van der Waals surface area contributed by atoms with Crippen molar-refractivity contribution in [2.24, 2.45) is 0 Å². The maximum atomic E-state index is 10.0. The Balaban J connectivity index is 2.00. The van der Waals surface area contributed by atoms with Crippen molar-refractivity contribution in [2.75, 3.05) is 12.3 Å². The second-order valence-electron chi connectivity index (χ2n) is 4.81. The van der Waals surface area contributed by atoms with Crippen LogP contribution in [0, 0.1) is 0 Å². The molecule has 1 aliphatic rings. The number of fused-ring (bicyclic) bond motifs is 1. The Labute approximate surface area is 109 Å². The summed E-state index contributed by atoms with van der Waals surface area (Å²) >= 11 is 0. The lowest BCUT2D eigenvalue weighted by atomic mass is 10.0. The summed E-state index contributed by atoms with van der Waals surface area (Å²) in [4.78, 5) is 0. The van der Waals surface area contributed by atoms with Crippen LogP contribution in [0.25, 0.3) is 10.9 Å². The number of ether oxygens (including phenoxy) is 1. The predicted octanol–water partition coefficient (Wildman–Crippen LogP) is -0.165. The lowest BCUT2D eigenvalue weighted by molar-refractivity contribution is -0.209. The van der Waals surface area contributed by atoms with Crippen LogP contribution < -0.4 is 5.73 Å². The predicted molar refractivity (Wildman–Crippen MR) is 69.4 cm³/mol. The van der Waals surface area contributed by atoms with Gasteiger partial charge in [-0.3, -0.25) is 0 Å². The lowest BCUT2D eigenvalue weighted by Gasteiger charge is -2.36. The van der Waals surface area contributed by atoms with Crippen LogP contribution in [0.1, 0.15) is 6.23 Å². The van der Waals surface area contributed by atoms with E-state index in [-0.39, 0.29) is 6.61 Å². The maximum Gasteiger partial charge on any atom is 0.162 e. The third kappa shape index (κ3) is 1.98. The van der Waals surface area contributed by atoms with Crippen molar-refractivity contribution < 1.29 is 20.1 Å². The fourth-order valence-electron chi connectivity index (χ4n) is 2.44. The van der Waals surface area contributed by atoms with Crippen LogP contribution in [0.4, 0.5) is 5.69 Å². The van der Waals surface area contributed by atoms with E-state index in [1.54, 1.807) is 16.8 Å². The van der Waals surface area contributed by atoms with Gasteiger partial charge in [-0.25, -0.2) is 0 Å². The smallest absolute Gasteiger partial charge is 0.162 e. The molecule has 19 heavy (non-hydrogen) atoms. The fraction of sp³-hybridized carbons (Fsp3) is 0.385. The van der Waals surface area contributed by atoms with Crippen molar-refractivity contribution in [2.45, 2.75) is 24.5 Å². The topological polar surface area (TPSA) is 101 Å². The summed E-state index contributed by atoms with van der Waals surface area (Å²) in [7, 11) is 0. The molecule has 2 aromatic rings. The van der Waals surface area contributed by atoms with Crippen molar-refractivity contribution in [3.05, 3.63) is 30.5 Å². The number of aliphatic hydroxyl groups is 3. The highest BCUT2D eigenvalue weighted by molar-refractivity contribution is 5.83. The van der Waals surface area contributed by atoms with Gasteiger partial charge in [0.2, 0.25) is 0 Å². The molecular formula is C13H16N2O4. The molecule has 0 aliphatic carbocycles. The van der Waals surface area contributed by atoms with Crippen LogP contribution >= 0.6 is 0 Å². The number of hydrogen-bond acceptors (Lipinski definition) is 5. The Morgan fingerprint density at radius 3 is 2.74 bits per heavy atom. The fourth-order valence-corrected chi connectivity index (χ4v) is 2.44. The highest BCUT2D eigenvalue weighted by Gasteiger charge is 2.38. The third-order valence-corrected chi connectivity index (χ3v) is 3.49. The van der Waals surface area contributed by atoms with E-state index in [2.05, 4.69) is 0 Å². The van der Waals surface area contributed by atoms with Gasteiger partial charge in [0.1, 0.15) is 18.3 Å². The number of aromatic nitrogens is 1. The Hall–Kier alpha value is -1.60. The van der Waals surface area contributed by atoms with E-state index in [1.165, 1.54) is 0 Å². The largest absolute Gasteiger partial charge is 0.399 e. The Morgan fingerprint density at radius 2 is 1.95 bits per heavy atom. The second kappa shape index (κ2) is 4.50. The van der Waals surface area contributed by atoms with Gasteiger partial charge in [-0.15, -0.1) is 0 Å². The number of aliphatic hydroxyl groups excluding tert-OH is 3. The number of nitrogens with two attached hydrogens (primary N) is 1. The van der Waals surface area contributed by atoms with Crippen molar-refractivity contribution >= 4 is 16.6 Å². The molecule has 1 aliphatic heterocycles. The summed E-state index contributed by atoms with van der Waals surface area (Å²) in [5.41, 5.74) is 7.22. The summed E-state index contributed by atoms with van der Waals surface area (Å²) in [5, 5.41) is 30.1. The van der Waals surface area contributed by atoms with E-state index >= 15 is 0 Å². The number of nitrogen functional groups attached to an aromatic ring is 1. The Kier molecular flexibility index (Phi) is 2.94. The standard InChI is InChI=1S/C13H16N2O4/c14-8-1-2-9-7(5-8)3-4-15(9)13-12(18)11(17)10(16)6-19-13/h1-5,10-13,16-18H,6,14H2/t10-,11+,12-,13-/m1/s1. The van der Waals surface area contributed by atoms with Crippen LogP contribution in [0.3, 0.4) is 0 Å². The highest BCUT2D eigenvalue weighted by Crippen LogP contribution is 2.29. The molecule has 0 amide bonds. The molecule has 2 heterocycles. The van der Waals surface area contributed by atoms with E-state index in [9.17, 15) is 15.3 Å². The molecule has 0 saturated carbocycles. The van der Waals surface area contributed by atoms with Crippen LogP contribution in [0.15, 0.2) is 30.5 Å². The zero-order chi connectivity index (χ0) is 13.6. The van der Waals surface area contributed by atoms with Gasteiger partial charge in [0.05, 0.1) is 12.1 Å². The first-order chi connectivity index (χ1) is 9.08. The van der Waals surface area contributed by atoms with Gasteiger partial charge in [0.15, 0.2) is 6.23 Å². The average molecular weight is 264 g/mol. The summed E-state index contributed by atoms with van der Waals surface area (Å²) in [6.45, 7) is -0.0163. The summed E-state index contributed by atoms with van der Waals surface area (Å²) in [6, 6.07) is 7.28. The summed E-state index contributed by atoms with van der Waals surface area (Å²) < 4.78 is 7.16. The van der Waals surface area contributed by atoms with E-state index in [4.69, 9.17) is 10.5 Å². The molecule has 102 valence electrons. The molecule has 5 N–H and O–H groups in total. The normalized spacial score (nSPS) is 31.7. The second-order valence-corrected chi connectivity index (χ2v) is 4.81. The molecule has 4 atom stereocenters. The van der Waals surface area contributed by atoms with Crippen LogP contribution in [-0.2, 0) is 4.74 Å². The molecule has 1 saturated heterocycles. The van der Waals surface area contributed by atoms with E-state index < -0.39 is 24.5 Å². The van der Waals surface area contributed by atoms with Crippen LogP contribution in [-0.4, -0.2) is 44.8 Å². The van der Waals surface area contributed by atoms with Crippen LogP contribution in [0.2, 0.25) is 0 Å². The summed E-state index contributed by atoms with van der Waals surface area (Å²) in [6.07, 6.45) is -2.42. The zero-order valence-corrected chi connectivity index (χ0v) is 10.2. The highest BCUT2D eigenvalue weighted by atomic mass is 16.5. The van der Waals surface area contributed by atoms with Crippen molar-refractivity contribution in [1.29, 1.82) is 0 Å². The molecule has 1 aromatic heterocycles. The number of benzene rings is 1. The molecule has 1 aromatic carbocycles. The molecule has 6 nitrogen and oxygen atoms in total. The molecule has 0 bridgehead atoms. The molecule has 0 unspecified atom stereocenters. The minimum Gasteiger partial charge on any atom is -0.399 e. The molecular weight excluding hydrogens is 248 g/mol. The average Bonchev–Trinajstić information content (AvgIpc) is 2.79. The first kappa shape index (κ1) is 12.4. The monoisotopic (exact) mass is 264 g/mol. The van der Waals surface area contributed by atoms with Gasteiger partial charge in [0, 0.05) is 17.3 Å². The van der Waals surface area contributed by atoms with E-state index in [0.717, 1.165) is 10.9 Å². The van der Waals surface area contributed by atoms with Crippen molar-refractivity contribution in [3.8, 4) is 0 Å². The molecule has 0 spiro atoms. The third-order valence-electron chi connectivity index (χ3n) is 3.49. The minimum atomic E-state index is -1.22. The first-order valence-electron chi connectivity index (χ1n) is 6.10. The van der Waals surface area contributed by atoms with E-state index in [0.29, 0.717) is 5.69 Å². The van der Waals surface area contributed by atoms with Gasteiger partial charge in [-0.05, 0) is 24.3 Å². The number of anilines is 1. The van der Waals surface area contributed by atoms with Gasteiger partial charge in [-0.2, -0.15) is 0 Å². The minimum absolute atomic E-state index is 0.0163. The van der Waals surface area contributed by atoms with Gasteiger partial charge >= 0.3 is 0 Å². The van der Waals surface area contributed by atoms with E-state index in [1.807, 2.05) is 18.2 Å². The maximum absolute atomic E-state index is 10.0. The quantitative estimate of drug-likeness (QED) is 0.536. The van der Waals surface area contributed by atoms with Crippen LogP contribution in [0.5, 0.6) is 0 Å². The molecule has 1 fully saturated rings. The van der Waals surface area contributed by atoms with Gasteiger partial charge in [-0.1, -0.05) is 0 Å².